The number of benzene rings is 1. The molecule has 0 aliphatic rings. The Morgan fingerprint density at radius 1 is 1.21 bits per heavy atom. The van der Waals surface area contributed by atoms with Crippen LogP contribution in [0.2, 0.25) is 0 Å². The highest BCUT2D eigenvalue weighted by Crippen LogP contribution is 2.24. The molecular formula is C14H14F2N2O. The summed E-state index contributed by atoms with van der Waals surface area (Å²) in [5, 5.41) is 3.08. The minimum absolute atomic E-state index is 0.184. The third kappa shape index (κ3) is 3.19. The van der Waals surface area contributed by atoms with Crippen molar-refractivity contribution in [1.82, 2.24) is 4.98 Å². The van der Waals surface area contributed by atoms with Gasteiger partial charge in [0.05, 0.1) is 19.3 Å². The summed E-state index contributed by atoms with van der Waals surface area (Å²) in [6, 6.07) is 5.78. The normalized spacial score (nSPS) is 12.0. The fraction of sp³-hybridized carbons (Fsp3) is 0.214. The number of pyridine rings is 1. The van der Waals surface area contributed by atoms with Gasteiger partial charge in [0, 0.05) is 18.0 Å². The molecule has 1 N–H and O–H groups in total. The average molecular weight is 264 g/mol. The predicted molar refractivity (Wildman–Crippen MR) is 69.2 cm³/mol. The van der Waals surface area contributed by atoms with Crippen LogP contribution in [0.4, 0.5) is 14.5 Å². The van der Waals surface area contributed by atoms with Crippen LogP contribution < -0.4 is 10.1 Å². The average Bonchev–Trinajstić information content (AvgIpc) is 2.39. The van der Waals surface area contributed by atoms with Gasteiger partial charge in [0.1, 0.15) is 5.82 Å². The number of hydrogen-bond donors (Lipinski definition) is 1. The summed E-state index contributed by atoms with van der Waals surface area (Å²) < 4.78 is 31.4. The molecular weight excluding hydrogens is 250 g/mol. The van der Waals surface area contributed by atoms with Crippen molar-refractivity contribution >= 4 is 5.69 Å². The van der Waals surface area contributed by atoms with Crippen molar-refractivity contribution in [3.05, 3.63) is 53.9 Å². The van der Waals surface area contributed by atoms with Gasteiger partial charge in [-0.2, -0.15) is 0 Å². The van der Waals surface area contributed by atoms with Crippen LogP contribution in [0.1, 0.15) is 18.5 Å². The molecule has 100 valence electrons. The van der Waals surface area contributed by atoms with E-state index in [1.54, 1.807) is 12.3 Å². The van der Waals surface area contributed by atoms with E-state index in [9.17, 15) is 8.78 Å². The summed E-state index contributed by atoms with van der Waals surface area (Å²) in [5.41, 5.74) is 1.28. The topological polar surface area (TPSA) is 34.1 Å². The highest BCUT2D eigenvalue weighted by atomic mass is 19.1. The molecule has 0 fully saturated rings. The van der Waals surface area contributed by atoms with Crippen LogP contribution >= 0.6 is 0 Å². The third-order valence-corrected chi connectivity index (χ3v) is 2.76. The van der Waals surface area contributed by atoms with Crippen LogP contribution in [0.3, 0.4) is 0 Å². The second-order valence-electron chi connectivity index (χ2n) is 4.15. The van der Waals surface area contributed by atoms with Gasteiger partial charge in [-0.25, -0.2) is 8.78 Å². The van der Waals surface area contributed by atoms with Gasteiger partial charge in [0.2, 0.25) is 0 Å². The number of anilines is 1. The maximum Gasteiger partial charge on any atom is 0.167 e. The Balaban J connectivity index is 2.14. The summed E-state index contributed by atoms with van der Waals surface area (Å²) in [6.07, 6.45) is 2.71. The Morgan fingerprint density at radius 2 is 2.00 bits per heavy atom. The lowest BCUT2D eigenvalue weighted by Gasteiger charge is -2.16. The molecule has 1 unspecified atom stereocenters. The Labute approximate surface area is 110 Å². The molecule has 1 aromatic heterocycles. The van der Waals surface area contributed by atoms with Gasteiger partial charge in [-0.1, -0.05) is 0 Å². The van der Waals surface area contributed by atoms with Gasteiger partial charge in [-0.3, -0.25) is 4.98 Å². The summed E-state index contributed by atoms with van der Waals surface area (Å²) in [6.45, 7) is 1.85. The Bertz CT molecular complexity index is 575. The zero-order valence-corrected chi connectivity index (χ0v) is 10.7. The molecule has 5 heteroatoms. The van der Waals surface area contributed by atoms with E-state index >= 15 is 0 Å². The third-order valence-electron chi connectivity index (χ3n) is 2.76. The SMILES string of the molecule is COc1ccc(NC(C)c2cncc(F)c2)cc1F. The lowest BCUT2D eigenvalue weighted by molar-refractivity contribution is 0.386. The Morgan fingerprint density at radius 3 is 2.63 bits per heavy atom. The van der Waals surface area contributed by atoms with E-state index in [-0.39, 0.29) is 11.8 Å². The van der Waals surface area contributed by atoms with E-state index in [0.717, 1.165) is 6.20 Å². The largest absolute Gasteiger partial charge is 0.494 e. The second kappa shape index (κ2) is 5.65. The summed E-state index contributed by atoms with van der Waals surface area (Å²) in [4.78, 5) is 3.78. The van der Waals surface area contributed by atoms with Crippen molar-refractivity contribution < 1.29 is 13.5 Å². The van der Waals surface area contributed by atoms with Gasteiger partial charge < -0.3 is 10.1 Å². The predicted octanol–water partition coefficient (Wildman–Crippen LogP) is 3.54. The number of halogens is 2. The van der Waals surface area contributed by atoms with Crippen LogP contribution in [-0.2, 0) is 0 Å². The van der Waals surface area contributed by atoms with E-state index in [1.807, 2.05) is 6.92 Å². The Kier molecular flexibility index (Phi) is 3.94. The molecule has 1 heterocycles. The second-order valence-corrected chi connectivity index (χ2v) is 4.15. The highest BCUT2D eigenvalue weighted by Gasteiger charge is 2.09. The van der Waals surface area contributed by atoms with Crippen LogP contribution in [0.5, 0.6) is 5.75 Å². The first-order valence-corrected chi connectivity index (χ1v) is 5.80. The maximum atomic E-state index is 13.5. The van der Waals surface area contributed by atoms with Crippen molar-refractivity contribution in [1.29, 1.82) is 0 Å². The molecule has 1 atom stereocenters. The number of ether oxygens (including phenoxy) is 1. The standard InChI is InChI=1S/C14H14F2N2O/c1-9(10-5-11(15)8-17-7-10)18-12-3-4-14(19-2)13(16)6-12/h3-9,18H,1-2H3. The van der Waals surface area contributed by atoms with Crippen LogP contribution in [0.25, 0.3) is 0 Å². The van der Waals surface area contributed by atoms with E-state index in [1.165, 1.54) is 25.3 Å². The minimum Gasteiger partial charge on any atom is -0.494 e. The summed E-state index contributed by atoms with van der Waals surface area (Å²) >= 11 is 0. The number of methoxy groups -OCH3 is 1. The van der Waals surface area contributed by atoms with Crippen molar-refractivity contribution in [2.24, 2.45) is 0 Å². The molecule has 3 nitrogen and oxygen atoms in total. The number of rotatable bonds is 4. The van der Waals surface area contributed by atoms with E-state index < -0.39 is 11.6 Å². The molecule has 0 saturated carbocycles. The minimum atomic E-state index is -0.447. The van der Waals surface area contributed by atoms with E-state index in [4.69, 9.17) is 4.74 Å². The van der Waals surface area contributed by atoms with Crippen molar-refractivity contribution in [2.45, 2.75) is 13.0 Å². The Hall–Kier alpha value is -2.17. The molecule has 0 aliphatic carbocycles. The fourth-order valence-electron chi connectivity index (χ4n) is 1.75. The van der Waals surface area contributed by atoms with Crippen LogP contribution in [0, 0.1) is 11.6 Å². The lowest BCUT2D eigenvalue weighted by Crippen LogP contribution is -2.07. The molecule has 0 bridgehead atoms. The molecule has 0 aliphatic heterocycles. The lowest BCUT2D eigenvalue weighted by atomic mass is 10.1. The highest BCUT2D eigenvalue weighted by molar-refractivity contribution is 5.48. The monoisotopic (exact) mass is 264 g/mol. The van der Waals surface area contributed by atoms with Gasteiger partial charge in [0.15, 0.2) is 11.6 Å². The summed E-state index contributed by atoms with van der Waals surface area (Å²) in [5.74, 6) is -0.658. The zero-order chi connectivity index (χ0) is 13.8. The molecule has 2 rings (SSSR count). The molecule has 19 heavy (non-hydrogen) atoms. The van der Waals surface area contributed by atoms with Gasteiger partial charge in [-0.05, 0) is 30.7 Å². The quantitative estimate of drug-likeness (QED) is 0.917. The number of hydrogen-bond acceptors (Lipinski definition) is 3. The number of nitrogens with zero attached hydrogens (tertiary/aromatic N) is 1. The zero-order valence-electron chi connectivity index (χ0n) is 10.7. The van der Waals surface area contributed by atoms with Crippen molar-refractivity contribution in [2.75, 3.05) is 12.4 Å². The first-order chi connectivity index (χ1) is 9.10. The van der Waals surface area contributed by atoms with Crippen molar-refractivity contribution in [3.8, 4) is 5.75 Å². The van der Waals surface area contributed by atoms with Gasteiger partial charge in [-0.15, -0.1) is 0 Å². The molecule has 0 spiro atoms. The number of nitrogens with one attached hydrogen (secondary N) is 1. The van der Waals surface area contributed by atoms with Gasteiger partial charge >= 0.3 is 0 Å². The first-order valence-electron chi connectivity index (χ1n) is 5.80. The number of aromatic nitrogens is 1. The van der Waals surface area contributed by atoms with Crippen LogP contribution in [0.15, 0.2) is 36.7 Å². The van der Waals surface area contributed by atoms with Gasteiger partial charge in [0.25, 0.3) is 0 Å². The van der Waals surface area contributed by atoms with E-state index in [0.29, 0.717) is 11.3 Å². The maximum absolute atomic E-state index is 13.5. The fourth-order valence-corrected chi connectivity index (χ4v) is 1.75. The van der Waals surface area contributed by atoms with Crippen molar-refractivity contribution in [3.63, 3.8) is 0 Å². The molecule has 2 aromatic rings. The summed E-state index contributed by atoms with van der Waals surface area (Å²) in [7, 11) is 1.41. The van der Waals surface area contributed by atoms with Crippen LogP contribution in [-0.4, -0.2) is 12.1 Å². The smallest absolute Gasteiger partial charge is 0.167 e. The molecule has 0 radical (unpaired) electrons. The first kappa shape index (κ1) is 13.3. The molecule has 0 amide bonds. The molecule has 0 saturated heterocycles. The molecule has 1 aromatic carbocycles. The van der Waals surface area contributed by atoms with E-state index in [2.05, 4.69) is 10.3 Å².